The van der Waals surface area contributed by atoms with Crippen LogP contribution >= 0.6 is 11.6 Å². The Balaban J connectivity index is 1.84. The molecule has 0 aliphatic carbocycles. The number of carbonyl (C=O) groups is 3. The summed E-state index contributed by atoms with van der Waals surface area (Å²) in [6, 6.07) is 6.69. The lowest BCUT2D eigenvalue weighted by Gasteiger charge is -2.20. The second-order valence-corrected chi connectivity index (χ2v) is 6.19. The molecule has 1 atom stereocenters. The Morgan fingerprint density at radius 3 is 2.88 bits per heavy atom. The molecule has 2 amide bonds. The molecule has 24 heavy (non-hydrogen) atoms. The summed E-state index contributed by atoms with van der Waals surface area (Å²) in [4.78, 5) is 37.4. The number of amides is 2. The maximum absolute atomic E-state index is 12.1. The smallest absolute Gasteiger partial charge is 0.326 e. The summed E-state index contributed by atoms with van der Waals surface area (Å²) in [5, 5.41) is 3.13. The third kappa shape index (κ3) is 5.53. The number of nitrogens with zero attached hydrogens (tertiary/aromatic N) is 1. The molecule has 0 radical (unpaired) electrons. The number of ether oxygens (including phenoxy) is 1. The third-order valence-electron chi connectivity index (χ3n) is 3.76. The van der Waals surface area contributed by atoms with Gasteiger partial charge in [0.15, 0.2) is 6.10 Å². The van der Waals surface area contributed by atoms with Gasteiger partial charge in [0, 0.05) is 23.7 Å². The van der Waals surface area contributed by atoms with Crippen molar-refractivity contribution in [3.05, 3.63) is 29.3 Å². The topological polar surface area (TPSA) is 75.7 Å². The van der Waals surface area contributed by atoms with Crippen LogP contribution in [0.15, 0.2) is 24.3 Å². The fraction of sp³-hybridized carbons (Fsp3) is 0.471. The first-order valence-electron chi connectivity index (χ1n) is 7.99. The summed E-state index contributed by atoms with van der Waals surface area (Å²) in [5.74, 6) is -1.08. The predicted octanol–water partition coefficient (Wildman–Crippen LogP) is 2.61. The molecule has 0 aromatic heterocycles. The Morgan fingerprint density at radius 2 is 2.12 bits per heavy atom. The van der Waals surface area contributed by atoms with E-state index in [1.165, 1.54) is 11.8 Å². The monoisotopic (exact) mass is 352 g/mol. The van der Waals surface area contributed by atoms with Gasteiger partial charge in [-0.25, -0.2) is 0 Å². The lowest BCUT2D eigenvalue weighted by molar-refractivity contribution is -0.156. The summed E-state index contributed by atoms with van der Waals surface area (Å²) < 4.78 is 5.13. The van der Waals surface area contributed by atoms with Crippen molar-refractivity contribution in [1.82, 2.24) is 4.90 Å². The number of halogens is 1. The van der Waals surface area contributed by atoms with E-state index in [9.17, 15) is 14.4 Å². The Bertz CT molecular complexity index is 620. The van der Waals surface area contributed by atoms with E-state index in [2.05, 4.69) is 5.32 Å². The van der Waals surface area contributed by atoms with Crippen LogP contribution in [0.3, 0.4) is 0 Å². The highest BCUT2D eigenvalue weighted by Gasteiger charge is 2.23. The van der Waals surface area contributed by atoms with Gasteiger partial charge in [-0.3, -0.25) is 14.4 Å². The quantitative estimate of drug-likeness (QED) is 0.826. The molecule has 1 fully saturated rings. The van der Waals surface area contributed by atoms with E-state index in [0.29, 0.717) is 23.7 Å². The number of hydrogen-bond acceptors (Lipinski definition) is 4. The van der Waals surface area contributed by atoms with Crippen LogP contribution in [0, 0.1) is 0 Å². The summed E-state index contributed by atoms with van der Waals surface area (Å²) in [7, 11) is 0. The van der Waals surface area contributed by atoms with Crippen LogP contribution in [0.4, 0.5) is 5.69 Å². The van der Waals surface area contributed by atoms with Crippen LogP contribution in [-0.4, -0.2) is 41.9 Å². The number of rotatable bonds is 5. The molecule has 0 unspecified atom stereocenters. The van der Waals surface area contributed by atoms with E-state index in [-0.39, 0.29) is 12.5 Å². The Kier molecular flexibility index (Phi) is 6.61. The van der Waals surface area contributed by atoms with Crippen molar-refractivity contribution in [2.75, 3.05) is 18.4 Å². The summed E-state index contributed by atoms with van der Waals surface area (Å²) in [6.07, 6.45) is 2.21. The van der Waals surface area contributed by atoms with E-state index in [1.807, 2.05) is 0 Å². The zero-order valence-corrected chi connectivity index (χ0v) is 14.3. The molecule has 1 aromatic rings. The first-order valence-corrected chi connectivity index (χ1v) is 8.37. The molecule has 1 aliphatic rings. The van der Waals surface area contributed by atoms with Gasteiger partial charge in [0.25, 0.3) is 5.91 Å². The summed E-state index contributed by atoms with van der Waals surface area (Å²) in [6.45, 7) is 1.92. The van der Waals surface area contributed by atoms with Gasteiger partial charge >= 0.3 is 5.97 Å². The highest BCUT2D eigenvalue weighted by molar-refractivity contribution is 6.30. The standard InChI is InChI=1S/C17H21ClN2O4/c1-12(17(23)19-14-7-5-6-13(18)10-14)24-16(22)11-20-9-4-2-3-8-15(20)21/h5-7,10,12H,2-4,8-9,11H2,1H3,(H,19,23)/t12-/m0/s1. The summed E-state index contributed by atoms with van der Waals surface area (Å²) >= 11 is 5.85. The first-order chi connectivity index (χ1) is 11.5. The number of likely N-dealkylation sites (tertiary alicyclic amines) is 1. The van der Waals surface area contributed by atoms with Gasteiger partial charge in [-0.1, -0.05) is 24.1 Å². The average molecular weight is 353 g/mol. The van der Waals surface area contributed by atoms with Crippen molar-refractivity contribution in [3.63, 3.8) is 0 Å². The van der Waals surface area contributed by atoms with E-state index >= 15 is 0 Å². The second kappa shape index (κ2) is 8.68. The van der Waals surface area contributed by atoms with Crippen molar-refractivity contribution < 1.29 is 19.1 Å². The Labute approximate surface area is 146 Å². The Hall–Kier alpha value is -2.08. The molecule has 0 saturated carbocycles. The van der Waals surface area contributed by atoms with Crippen LogP contribution < -0.4 is 5.32 Å². The van der Waals surface area contributed by atoms with E-state index < -0.39 is 18.0 Å². The van der Waals surface area contributed by atoms with Crippen LogP contribution in [0.1, 0.15) is 32.6 Å². The lowest BCUT2D eigenvalue weighted by Crippen LogP contribution is -2.38. The molecule has 7 heteroatoms. The van der Waals surface area contributed by atoms with Crippen LogP contribution in [0.25, 0.3) is 0 Å². The Morgan fingerprint density at radius 1 is 1.33 bits per heavy atom. The average Bonchev–Trinajstić information content (AvgIpc) is 2.72. The molecule has 1 saturated heterocycles. The molecule has 130 valence electrons. The van der Waals surface area contributed by atoms with Crippen LogP contribution in [-0.2, 0) is 19.1 Å². The van der Waals surface area contributed by atoms with E-state index in [0.717, 1.165) is 19.3 Å². The molecule has 1 heterocycles. The van der Waals surface area contributed by atoms with Crippen molar-refractivity contribution in [2.24, 2.45) is 0 Å². The van der Waals surface area contributed by atoms with Crippen molar-refractivity contribution in [2.45, 2.75) is 38.7 Å². The van der Waals surface area contributed by atoms with Crippen molar-refractivity contribution in [3.8, 4) is 0 Å². The predicted molar refractivity (Wildman–Crippen MR) is 90.7 cm³/mol. The molecule has 6 nitrogen and oxygen atoms in total. The zero-order valence-electron chi connectivity index (χ0n) is 13.6. The minimum atomic E-state index is -0.960. The van der Waals surface area contributed by atoms with Gasteiger partial charge < -0.3 is 15.0 Å². The largest absolute Gasteiger partial charge is 0.451 e. The molecule has 0 spiro atoms. The maximum atomic E-state index is 12.1. The van der Waals surface area contributed by atoms with Gasteiger partial charge in [-0.05, 0) is 38.0 Å². The van der Waals surface area contributed by atoms with E-state index in [1.54, 1.807) is 24.3 Å². The van der Waals surface area contributed by atoms with Gasteiger partial charge in [0.05, 0.1) is 0 Å². The van der Waals surface area contributed by atoms with Crippen molar-refractivity contribution in [1.29, 1.82) is 0 Å². The number of carbonyl (C=O) groups excluding carboxylic acids is 3. The molecular formula is C17H21ClN2O4. The first kappa shape index (κ1) is 18.3. The fourth-order valence-electron chi connectivity index (χ4n) is 2.46. The molecule has 0 bridgehead atoms. The van der Waals surface area contributed by atoms with Gasteiger partial charge in [-0.2, -0.15) is 0 Å². The van der Waals surface area contributed by atoms with Gasteiger partial charge in [0.2, 0.25) is 5.91 Å². The highest BCUT2D eigenvalue weighted by atomic mass is 35.5. The van der Waals surface area contributed by atoms with Crippen molar-refractivity contribution >= 4 is 35.1 Å². The van der Waals surface area contributed by atoms with E-state index in [4.69, 9.17) is 16.3 Å². The number of anilines is 1. The summed E-state index contributed by atoms with van der Waals surface area (Å²) in [5.41, 5.74) is 0.526. The molecule has 2 rings (SSSR count). The SMILES string of the molecule is C[C@H](OC(=O)CN1CCCCCC1=O)C(=O)Nc1cccc(Cl)c1. The zero-order chi connectivity index (χ0) is 17.5. The molecule has 1 aromatic carbocycles. The number of nitrogens with one attached hydrogen (secondary N) is 1. The maximum Gasteiger partial charge on any atom is 0.326 e. The lowest BCUT2D eigenvalue weighted by atomic mass is 10.2. The third-order valence-corrected chi connectivity index (χ3v) is 4.00. The number of benzene rings is 1. The fourth-order valence-corrected chi connectivity index (χ4v) is 2.65. The number of esters is 1. The molecular weight excluding hydrogens is 332 g/mol. The number of hydrogen-bond donors (Lipinski definition) is 1. The molecule has 1 aliphatic heterocycles. The molecule has 1 N–H and O–H groups in total. The van der Waals surface area contributed by atoms with Crippen LogP contribution in [0.5, 0.6) is 0 Å². The minimum Gasteiger partial charge on any atom is -0.451 e. The van der Waals surface area contributed by atoms with Gasteiger partial charge in [0.1, 0.15) is 6.54 Å². The highest BCUT2D eigenvalue weighted by Crippen LogP contribution is 2.15. The van der Waals surface area contributed by atoms with Gasteiger partial charge in [-0.15, -0.1) is 0 Å². The minimum absolute atomic E-state index is 0.0412. The second-order valence-electron chi connectivity index (χ2n) is 5.76. The normalized spacial score (nSPS) is 16.2. The van der Waals surface area contributed by atoms with Crippen LogP contribution in [0.2, 0.25) is 5.02 Å².